The maximum Gasteiger partial charge on any atom is 0.351 e. The Hall–Kier alpha value is -1.85. The molecule has 0 aromatic rings. The van der Waals surface area contributed by atoms with Crippen LogP contribution in [0.4, 0.5) is 0 Å². The van der Waals surface area contributed by atoms with Crippen LogP contribution in [0.1, 0.15) is 136 Å². The summed E-state index contributed by atoms with van der Waals surface area (Å²) >= 11 is 0. The molecule has 1 saturated carbocycles. The molecule has 0 aromatic carbocycles. The second kappa shape index (κ2) is 20.2. The molecule has 0 heterocycles. The molecule has 1 aliphatic carbocycles. The molecular weight excluding hydrogens is 456 g/mol. The number of unbranched alkanes of at least 4 members (excludes halogenated alkanes) is 13. The van der Waals surface area contributed by atoms with Crippen molar-refractivity contribution >= 4 is 17.9 Å². The van der Waals surface area contributed by atoms with Gasteiger partial charge in [0, 0.05) is 6.08 Å². The molecule has 1 rings (SSSR count). The monoisotopic (exact) mass is 508 g/mol. The van der Waals surface area contributed by atoms with E-state index in [1.807, 2.05) is 0 Å². The van der Waals surface area contributed by atoms with E-state index in [-0.39, 0.29) is 13.0 Å². The smallest absolute Gasteiger partial charge is 0.351 e. The van der Waals surface area contributed by atoms with Crippen LogP contribution in [-0.2, 0) is 28.6 Å². The van der Waals surface area contributed by atoms with Gasteiger partial charge in [0.05, 0.1) is 13.2 Å². The van der Waals surface area contributed by atoms with Gasteiger partial charge >= 0.3 is 17.9 Å². The summed E-state index contributed by atoms with van der Waals surface area (Å²) in [5, 5.41) is 0. The summed E-state index contributed by atoms with van der Waals surface area (Å²) < 4.78 is 16.8. The van der Waals surface area contributed by atoms with E-state index in [9.17, 15) is 14.4 Å². The van der Waals surface area contributed by atoms with Crippen LogP contribution in [0, 0.1) is 5.92 Å². The van der Waals surface area contributed by atoms with Crippen molar-refractivity contribution in [2.75, 3.05) is 13.2 Å². The third-order valence-corrected chi connectivity index (χ3v) is 7.16. The van der Waals surface area contributed by atoms with Crippen molar-refractivity contribution in [2.24, 2.45) is 5.92 Å². The van der Waals surface area contributed by atoms with Crippen LogP contribution >= 0.6 is 0 Å². The summed E-state index contributed by atoms with van der Waals surface area (Å²) in [7, 11) is 0. The van der Waals surface area contributed by atoms with Gasteiger partial charge in [0.15, 0.2) is 0 Å². The summed E-state index contributed by atoms with van der Waals surface area (Å²) in [6.07, 6.45) is 20.2. The molecule has 0 spiro atoms. The van der Waals surface area contributed by atoms with E-state index in [1.165, 1.54) is 57.8 Å². The molecule has 36 heavy (non-hydrogen) atoms. The Labute approximate surface area is 219 Å². The minimum absolute atomic E-state index is 0.264. The lowest BCUT2D eigenvalue weighted by molar-refractivity contribution is -0.198. The zero-order valence-corrected chi connectivity index (χ0v) is 23.2. The fourth-order valence-electron chi connectivity index (χ4n) is 4.94. The van der Waals surface area contributed by atoms with Gasteiger partial charge in [0.1, 0.15) is 5.92 Å². The number of hydrogen-bond acceptors (Lipinski definition) is 6. The second-order valence-electron chi connectivity index (χ2n) is 10.2. The Morgan fingerprint density at radius 2 is 1.25 bits per heavy atom. The maximum atomic E-state index is 13.2. The molecule has 2 unspecified atom stereocenters. The number of rotatable bonds is 21. The van der Waals surface area contributed by atoms with Gasteiger partial charge in [-0.2, -0.15) is 0 Å². The Bertz CT molecular complexity index is 631. The SMILES string of the molecule is C=CC(=O)OC1(C(=O)OCCCCCCCCC)CCCCC1C(=O)OCCCCCCCCCC. The zero-order chi connectivity index (χ0) is 26.5. The average Bonchev–Trinajstić information content (AvgIpc) is 2.89. The molecular formula is C30H52O6. The van der Waals surface area contributed by atoms with Gasteiger partial charge in [0.25, 0.3) is 0 Å². The number of esters is 3. The third kappa shape index (κ3) is 12.4. The Morgan fingerprint density at radius 1 is 0.750 bits per heavy atom. The molecule has 0 N–H and O–H groups in total. The molecule has 0 aliphatic heterocycles. The number of hydrogen-bond donors (Lipinski definition) is 0. The molecule has 0 saturated heterocycles. The number of carbonyl (C=O) groups excluding carboxylic acids is 3. The van der Waals surface area contributed by atoms with Gasteiger partial charge in [-0.15, -0.1) is 0 Å². The molecule has 6 nitrogen and oxygen atoms in total. The van der Waals surface area contributed by atoms with Gasteiger partial charge in [-0.05, 0) is 32.1 Å². The normalized spacial score (nSPS) is 19.4. The van der Waals surface area contributed by atoms with E-state index in [0.29, 0.717) is 19.4 Å². The molecule has 6 heteroatoms. The van der Waals surface area contributed by atoms with E-state index in [1.54, 1.807) is 0 Å². The van der Waals surface area contributed by atoms with E-state index in [0.717, 1.165) is 51.0 Å². The zero-order valence-electron chi connectivity index (χ0n) is 23.2. The topological polar surface area (TPSA) is 78.9 Å². The first-order valence-corrected chi connectivity index (χ1v) is 14.7. The quantitative estimate of drug-likeness (QED) is 0.0686. The van der Waals surface area contributed by atoms with E-state index in [4.69, 9.17) is 14.2 Å². The lowest BCUT2D eigenvalue weighted by Crippen LogP contribution is -2.55. The van der Waals surface area contributed by atoms with Gasteiger partial charge < -0.3 is 14.2 Å². The van der Waals surface area contributed by atoms with Gasteiger partial charge in [-0.3, -0.25) is 4.79 Å². The molecule has 0 bridgehead atoms. The first-order valence-electron chi connectivity index (χ1n) is 14.7. The molecule has 1 fully saturated rings. The lowest BCUT2D eigenvalue weighted by atomic mass is 9.75. The second-order valence-corrected chi connectivity index (χ2v) is 10.2. The summed E-state index contributed by atoms with van der Waals surface area (Å²) in [4.78, 5) is 38.5. The number of ether oxygens (including phenoxy) is 3. The largest absolute Gasteiger partial charge is 0.465 e. The van der Waals surface area contributed by atoms with Crippen molar-refractivity contribution in [1.82, 2.24) is 0 Å². The van der Waals surface area contributed by atoms with Crippen molar-refractivity contribution in [1.29, 1.82) is 0 Å². The minimum Gasteiger partial charge on any atom is -0.465 e. The molecule has 0 radical (unpaired) electrons. The fourth-order valence-corrected chi connectivity index (χ4v) is 4.94. The molecule has 0 amide bonds. The van der Waals surface area contributed by atoms with Crippen molar-refractivity contribution in [3.63, 3.8) is 0 Å². The van der Waals surface area contributed by atoms with Crippen molar-refractivity contribution in [3.05, 3.63) is 12.7 Å². The van der Waals surface area contributed by atoms with Crippen molar-refractivity contribution in [2.45, 2.75) is 141 Å². The molecule has 0 aromatic heterocycles. The Balaban J connectivity index is 2.59. The summed E-state index contributed by atoms with van der Waals surface area (Å²) in [5.41, 5.74) is -1.62. The third-order valence-electron chi connectivity index (χ3n) is 7.16. The highest BCUT2D eigenvalue weighted by molar-refractivity contribution is 5.92. The van der Waals surface area contributed by atoms with E-state index in [2.05, 4.69) is 20.4 Å². The van der Waals surface area contributed by atoms with Crippen LogP contribution in [0.5, 0.6) is 0 Å². The van der Waals surface area contributed by atoms with Crippen LogP contribution < -0.4 is 0 Å². The molecule has 208 valence electrons. The van der Waals surface area contributed by atoms with E-state index < -0.39 is 29.4 Å². The highest BCUT2D eigenvalue weighted by Gasteiger charge is 2.55. The minimum atomic E-state index is -1.62. The van der Waals surface area contributed by atoms with Crippen molar-refractivity contribution in [3.8, 4) is 0 Å². The summed E-state index contributed by atoms with van der Waals surface area (Å²) in [5.74, 6) is -2.66. The van der Waals surface area contributed by atoms with Crippen molar-refractivity contribution < 1.29 is 28.6 Å². The first kappa shape index (κ1) is 32.2. The highest BCUT2D eigenvalue weighted by atomic mass is 16.6. The summed E-state index contributed by atoms with van der Waals surface area (Å²) in [6.45, 7) is 8.45. The Morgan fingerprint density at radius 3 is 1.78 bits per heavy atom. The highest BCUT2D eigenvalue weighted by Crippen LogP contribution is 2.39. The summed E-state index contributed by atoms with van der Waals surface area (Å²) in [6, 6.07) is 0. The number of carbonyl (C=O) groups is 3. The van der Waals surface area contributed by atoms with Crippen LogP contribution in [-0.4, -0.2) is 36.7 Å². The van der Waals surface area contributed by atoms with Gasteiger partial charge in [0.2, 0.25) is 5.60 Å². The Kier molecular flexibility index (Phi) is 18.1. The maximum absolute atomic E-state index is 13.2. The first-order chi connectivity index (χ1) is 17.5. The lowest BCUT2D eigenvalue weighted by Gasteiger charge is -2.39. The van der Waals surface area contributed by atoms with Crippen LogP contribution in [0.25, 0.3) is 0 Å². The molecule has 2 atom stereocenters. The van der Waals surface area contributed by atoms with E-state index >= 15 is 0 Å². The standard InChI is InChI=1S/C30H52O6/c1-4-7-9-11-13-15-16-20-24-34-28(32)26-22-18-19-23-30(26,36-27(31)6-3)29(33)35-25-21-17-14-12-10-8-5-2/h6,26H,3-5,7-25H2,1-2H3. The van der Waals surface area contributed by atoms with Gasteiger partial charge in [-0.25, -0.2) is 9.59 Å². The van der Waals surface area contributed by atoms with Crippen LogP contribution in [0.15, 0.2) is 12.7 Å². The van der Waals surface area contributed by atoms with Gasteiger partial charge in [-0.1, -0.05) is 110 Å². The average molecular weight is 509 g/mol. The predicted octanol–water partition coefficient (Wildman–Crippen LogP) is 7.62. The van der Waals surface area contributed by atoms with Crippen LogP contribution in [0.3, 0.4) is 0 Å². The van der Waals surface area contributed by atoms with Crippen LogP contribution in [0.2, 0.25) is 0 Å². The predicted molar refractivity (Wildman–Crippen MR) is 143 cm³/mol. The fraction of sp³-hybridized carbons (Fsp3) is 0.833. The molecule has 1 aliphatic rings.